The van der Waals surface area contributed by atoms with Gasteiger partial charge in [-0.05, 0) is 71.6 Å². The maximum absolute atomic E-state index is 14.2. The highest BCUT2D eigenvalue weighted by molar-refractivity contribution is 6.05. The molecule has 0 saturated heterocycles. The number of hydrogen-bond donors (Lipinski definition) is 3. The first kappa shape index (κ1) is 28.3. The number of nitrogens with zero attached hydrogens (tertiary/aromatic N) is 1. The quantitative estimate of drug-likeness (QED) is 0.265. The van der Waals surface area contributed by atoms with Crippen molar-refractivity contribution >= 4 is 23.4 Å². The summed E-state index contributed by atoms with van der Waals surface area (Å²) in [6, 6.07) is 14.2. The first-order chi connectivity index (χ1) is 20.1. The second kappa shape index (κ2) is 11.7. The molecular weight excluding hydrogens is 549 g/mol. The maximum atomic E-state index is 14.2. The minimum Gasteiger partial charge on any atom is -0.497 e. The Morgan fingerprint density at radius 3 is 2.52 bits per heavy atom. The third kappa shape index (κ3) is 5.95. The van der Waals surface area contributed by atoms with E-state index in [9.17, 15) is 27.6 Å². The van der Waals surface area contributed by atoms with Gasteiger partial charge in [0.2, 0.25) is 11.8 Å². The van der Waals surface area contributed by atoms with Crippen molar-refractivity contribution in [2.24, 2.45) is 5.73 Å². The lowest BCUT2D eigenvalue weighted by Crippen LogP contribution is -2.33. The van der Waals surface area contributed by atoms with Crippen molar-refractivity contribution in [1.82, 2.24) is 10.3 Å². The summed E-state index contributed by atoms with van der Waals surface area (Å²) in [5, 5.41) is 5.62. The Hall–Kier alpha value is -5.19. The standard InChI is InChI=1S/C31H25F3N4O4/c1-42-20-5-7-26-22(14-20)23(31(41)38-26)15-28(39)37-27(11-16-9-18(32)13-19(33)10-16)29-21(3-2-8-36-29)17-4-6-25(34)24(12-17)30(35)40/h2-10,12-14,23,27H,11,15H2,1H3,(H2,35,40)(H,37,39)(H,38,41). The normalized spacial score (nSPS) is 14.6. The van der Waals surface area contributed by atoms with Crippen molar-refractivity contribution in [3.05, 3.63) is 113 Å². The molecule has 0 saturated carbocycles. The highest BCUT2D eigenvalue weighted by Gasteiger charge is 2.33. The average Bonchev–Trinajstić information content (AvgIpc) is 3.26. The molecule has 2 unspecified atom stereocenters. The van der Waals surface area contributed by atoms with Crippen LogP contribution in [0.5, 0.6) is 5.75 Å². The number of fused-ring (bicyclic) bond motifs is 1. The number of methoxy groups -OCH3 is 1. The largest absolute Gasteiger partial charge is 0.497 e. The second-order valence-corrected chi connectivity index (χ2v) is 9.80. The van der Waals surface area contributed by atoms with Crippen LogP contribution in [-0.4, -0.2) is 29.8 Å². The Morgan fingerprint density at radius 2 is 1.81 bits per heavy atom. The van der Waals surface area contributed by atoms with Gasteiger partial charge in [0.25, 0.3) is 5.91 Å². The van der Waals surface area contributed by atoms with Gasteiger partial charge in [-0.25, -0.2) is 13.2 Å². The lowest BCUT2D eigenvalue weighted by atomic mass is 9.93. The van der Waals surface area contributed by atoms with Gasteiger partial charge in [-0.1, -0.05) is 12.1 Å². The summed E-state index contributed by atoms with van der Waals surface area (Å²) in [5.74, 6) is -4.53. The van der Waals surface area contributed by atoms with Crippen molar-refractivity contribution in [2.75, 3.05) is 12.4 Å². The molecule has 2 heterocycles. The van der Waals surface area contributed by atoms with Gasteiger partial charge >= 0.3 is 0 Å². The summed E-state index contributed by atoms with van der Waals surface area (Å²) in [5.41, 5.74) is 7.50. The highest BCUT2D eigenvalue weighted by atomic mass is 19.1. The lowest BCUT2D eigenvalue weighted by molar-refractivity contribution is -0.125. The zero-order valence-electron chi connectivity index (χ0n) is 22.3. The molecule has 5 rings (SSSR count). The van der Waals surface area contributed by atoms with E-state index >= 15 is 0 Å². The molecule has 4 aromatic rings. The zero-order valence-corrected chi connectivity index (χ0v) is 22.3. The van der Waals surface area contributed by atoms with Crippen LogP contribution < -0.4 is 21.1 Å². The molecule has 2 atom stereocenters. The van der Waals surface area contributed by atoms with Gasteiger partial charge < -0.3 is 21.1 Å². The Morgan fingerprint density at radius 1 is 1.05 bits per heavy atom. The first-order valence-electron chi connectivity index (χ1n) is 12.9. The van der Waals surface area contributed by atoms with Crippen LogP contribution in [0.15, 0.2) is 72.9 Å². The highest BCUT2D eigenvalue weighted by Crippen LogP contribution is 2.37. The van der Waals surface area contributed by atoms with Gasteiger partial charge in [-0.2, -0.15) is 0 Å². The summed E-state index contributed by atoms with van der Waals surface area (Å²) < 4.78 is 47.7. The Kier molecular flexibility index (Phi) is 7.92. The monoisotopic (exact) mass is 574 g/mol. The molecule has 3 aromatic carbocycles. The van der Waals surface area contributed by atoms with E-state index in [0.717, 1.165) is 24.3 Å². The second-order valence-electron chi connectivity index (χ2n) is 9.80. The molecular formula is C31H25F3N4O4. The number of carbonyl (C=O) groups is 3. The van der Waals surface area contributed by atoms with E-state index in [1.165, 1.54) is 25.4 Å². The number of pyridine rings is 1. The number of hydrogen-bond acceptors (Lipinski definition) is 5. The van der Waals surface area contributed by atoms with Crippen molar-refractivity contribution in [1.29, 1.82) is 0 Å². The molecule has 0 aliphatic carbocycles. The van der Waals surface area contributed by atoms with Crippen LogP contribution in [0.3, 0.4) is 0 Å². The number of anilines is 1. The Labute approximate surface area is 238 Å². The minimum absolute atomic E-state index is 0.0738. The molecule has 42 heavy (non-hydrogen) atoms. The molecule has 1 aromatic heterocycles. The van der Waals surface area contributed by atoms with Crippen LogP contribution in [0.2, 0.25) is 0 Å². The van der Waals surface area contributed by atoms with Crippen molar-refractivity contribution < 1.29 is 32.3 Å². The van der Waals surface area contributed by atoms with E-state index in [4.69, 9.17) is 10.5 Å². The van der Waals surface area contributed by atoms with Gasteiger partial charge in [0, 0.05) is 29.9 Å². The maximum Gasteiger partial charge on any atom is 0.251 e. The first-order valence-corrected chi connectivity index (χ1v) is 12.9. The number of nitrogens with two attached hydrogens (primary N) is 1. The van der Waals surface area contributed by atoms with Gasteiger partial charge in [-0.3, -0.25) is 19.4 Å². The predicted molar refractivity (Wildman–Crippen MR) is 148 cm³/mol. The fraction of sp³-hybridized carbons (Fsp3) is 0.161. The Balaban J connectivity index is 1.51. The van der Waals surface area contributed by atoms with Crippen molar-refractivity contribution in [2.45, 2.75) is 24.8 Å². The molecule has 214 valence electrons. The van der Waals surface area contributed by atoms with Gasteiger partial charge in [-0.15, -0.1) is 0 Å². The summed E-state index contributed by atoms with van der Waals surface area (Å²) in [6.07, 6.45) is 1.16. The fourth-order valence-electron chi connectivity index (χ4n) is 5.07. The van der Waals surface area contributed by atoms with Crippen molar-refractivity contribution in [3.8, 4) is 16.9 Å². The van der Waals surface area contributed by atoms with Crippen molar-refractivity contribution in [3.63, 3.8) is 0 Å². The van der Waals surface area contributed by atoms with Gasteiger partial charge in [0.05, 0.1) is 30.3 Å². The molecule has 3 amide bonds. The fourth-order valence-corrected chi connectivity index (χ4v) is 5.07. The smallest absolute Gasteiger partial charge is 0.251 e. The number of aromatic nitrogens is 1. The summed E-state index contributed by atoms with van der Waals surface area (Å²) >= 11 is 0. The van der Waals surface area contributed by atoms with Crippen LogP contribution in [0, 0.1) is 17.5 Å². The third-order valence-corrected chi connectivity index (χ3v) is 7.01. The van der Waals surface area contributed by atoms with Crippen LogP contribution in [0.1, 0.15) is 45.6 Å². The molecule has 8 nitrogen and oxygen atoms in total. The predicted octanol–water partition coefficient (Wildman–Crippen LogP) is 4.80. The summed E-state index contributed by atoms with van der Waals surface area (Å²) in [4.78, 5) is 42.4. The lowest BCUT2D eigenvalue weighted by Gasteiger charge is -2.22. The minimum atomic E-state index is -0.966. The number of primary amides is 1. The SMILES string of the molecule is COc1ccc2c(c1)C(CC(=O)NC(Cc1cc(F)cc(F)c1)c1ncccc1-c1ccc(F)c(C(N)=O)c1)C(=O)N2. The van der Waals surface area contributed by atoms with E-state index in [1.54, 1.807) is 30.3 Å². The summed E-state index contributed by atoms with van der Waals surface area (Å²) in [7, 11) is 1.49. The number of rotatable bonds is 9. The van der Waals surface area contributed by atoms with Gasteiger partial charge in [0.15, 0.2) is 0 Å². The topological polar surface area (TPSA) is 123 Å². The molecule has 11 heteroatoms. The Bertz CT molecular complexity index is 1690. The molecule has 0 radical (unpaired) electrons. The summed E-state index contributed by atoms with van der Waals surface area (Å²) in [6.45, 7) is 0. The molecule has 0 fully saturated rings. The van der Waals surface area contributed by atoms with Crippen LogP contribution in [0.25, 0.3) is 11.1 Å². The van der Waals surface area contributed by atoms with E-state index in [-0.39, 0.29) is 35.6 Å². The van der Waals surface area contributed by atoms with Gasteiger partial charge in [0.1, 0.15) is 23.2 Å². The number of benzene rings is 3. The van der Waals surface area contributed by atoms with Crippen LogP contribution in [-0.2, 0) is 16.0 Å². The zero-order chi connectivity index (χ0) is 30.0. The van der Waals surface area contributed by atoms with Crippen LogP contribution in [0.4, 0.5) is 18.9 Å². The van der Waals surface area contributed by atoms with E-state index in [0.29, 0.717) is 28.1 Å². The molecule has 0 bridgehead atoms. The van der Waals surface area contributed by atoms with E-state index in [1.807, 2.05) is 0 Å². The molecule has 4 N–H and O–H groups in total. The van der Waals surface area contributed by atoms with E-state index in [2.05, 4.69) is 15.6 Å². The molecule has 1 aliphatic rings. The number of ether oxygens (including phenoxy) is 1. The number of nitrogens with one attached hydrogen (secondary N) is 2. The van der Waals surface area contributed by atoms with E-state index < -0.39 is 41.2 Å². The number of halogens is 3. The molecule has 0 spiro atoms. The number of carbonyl (C=O) groups excluding carboxylic acids is 3. The number of amides is 3. The average molecular weight is 575 g/mol. The molecule has 1 aliphatic heterocycles. The van der Waals surface area contributed by atoms with Crippen LogP contribution >= 0.6 is 0 Å². The third-order valence-electron chi connectivity index (χ3n) is 7.01.